The average Bonchev–Trinajstić information content (AvgIpc) is 2.61. The molecule has 0 bridgehead atoms. The van der Waals surface area contributed by atoms with Crippen LogP contribution in [0.5, 0.6) is 0 Å². The third-order valence-electron chi connectivity index (χ3n) is 4.18. The van der Waals surface area contributed by atoms with Crippen molar-refractivity contribution in [2.24, 2.45) is 0 Å². The fraction of sp³-hybridized carbons (Fsp3) is 0.381. The molecular weight excluding hydrogens is 316 g/mol. The van der Waals surface area contributed by atoms with Crippen LogP contribution in [0.1, 0.15) is 53.2 Å². The number of rotatable bonds is 8. The fourth-order valence-electron chi connectivity index (χ4n) is 2.83. The molecule has 128 valence electrons. The van der Waals surface area contributed by atoms with Crippen LogP contribution in [0.4, 0.5) is 0 Å². The number of thioether (sulfide) groups is 1. The number of carbonyl (C=O) groups is 1. The average molecular weight is 343 g/mol. The van der Waals surface area contributed by atoms with Crippen LogP contribution in [0, 0.1) is 6.92 Å². The van der Waals surface area contributed by atoms with Gasteiger partial charge in [0.05, 0.1) is 12.7 Å². The van der Waals surface area contributed by atoms with Crippen LogP contribution in [0.25, 0.3) is 0 Å². The van der Waals surface area contributed by atoms with Gasteiger partial charge < -0.3 is 4.74 Å². The van der Waals surface area contributed by atoms with E-state index in [0.29, 0.717) is 0 Å². The van der Waals surface area contributed by atoms with Gasteiger partial charge in [-0.1, -0.05) is 50.1 Å². The third-order valence-corrected chi connectivity index (χ3v) is 5.22. The molecule has 2 aromatic carbocycles. The van der Waals surface area contributed by atoms with Gasteiger partial charge in [-0.2, -0.15) is 0 Å². The van der Waals surface area contributed by atoms with Gasteiger partial charge in [-0.25, -0.2) is 4.79 Å². The standard InChI is InChI=1S/C21H26O2S/c1-4-5-7-10-17-14-13-16(2)20(21(22)23-3)19(17)15-24-18-11-8-6-9-12-18/h6,8-9,11-14H,4-5,7,10,15H2,1-3H3. The molecule has 0 aliphatic heterocycles. The Balaban J connectivity index is 2.31. The number of aryl methyl sites for hydroxylation is 2. The molecule has 24 heavy (non-hydrogen) atoms. The van der Waals surface area contributed by atoms with Gasteiger partial charge in [0, 0.05) is 10.6 Å². The highest BCUT2D eigenvalue weighted by Crippen LogP contribution is 2.29. The Labute approximate surface area is 149 Å². The number of esters is 1. The van der Waals surface area contributed by atoms with Crippen LogP contribution in [0.3, 0.4) is 0 Å². The molecule has 0 N–H and O–H groups in total. The Bertz CT molecular complexity index is 665. The van der Waals surface area contributed by atoms with Crippen LogP contribution < -0.4 is 0 Å². The highest BCUT2D eigenvalue weighted by molar-refractivity contribution is 7.98. The van der Waals surface area contributed by atoms with Crippen LogP contribution in [0.15, 0.2) is 47.4 Å². The summed E-state index contributed by atoms with van der Waals surface area (Å²) >= 11 is 1.77. The van der Waals surface area contributed by atoms with Crippen LogP contribution in [-0.2, 0) is 16.9 Å². The Hall–Kier alpha value is -1.74. The van der Waals surface area contributed by atoms with Gasteiger partial charge in [0.2, 0.25) is 0 Å². The molecule has 0 spiro atoms. The van der Waals surface area contributed by atoms with Crippen LogP contribution in [-0.4, -0.2) is 13.1 Å². The molecule has 0 fully saturated rings. The first-order valence-electron chi connectivity index (χ1n) is 8.54. The maximum Gasteiger partial charge on any atom is 0.338 e. The van der Waals surface area contributed by atoms with Crippen molar-refractivity contribution < 1.29 is 9.53 Å². The molecule has 0 unspecified atom stereocenters. The molecule has 0 atom stereocenters. The van der Waals surface area contributed by atoms with E-state index in [1.54, 1.807) is 11.8 Å². The zero-order chi connectivity index (χ0) is 17.4. The molecule has 0 aliphatic rings. The summed E-state index contributed by atoms with van der Waals surface area (Å²) in [5.74, 6) is 0.561. The van der Waals surface area contributed by atoms with Gasteiger partial charge in [0.1, 0.15) is 0 Å². The third kappa shape index (κ3) is 4.88. The molecule has 0 saturated heterocycles. The molecule has 0 amide bonds. The number of hydrogen-bond acceptors (Lipinski definition) is 3. The van der Waals surface area contributed by atoms with Crippen molar-refractivity contribution in [3.8, 4) is 0 Å². The van der Waals surface area contributed by atoms with Gasteiger partial charge in [0.15, 0.2) is 0 Å². The number of unbranched alkanes of at least 4 members (excludes halogenated alkanes) is 2. The molecule has 2 nitrogen and oxygen atoms in total. The normalized spacial score (nSPS) is 10.6. The topological polar surface area (TPSA) is 26.3 Å². The minimum atomic E-state index is -0.228. The lowest BCUT2D eigenvalue weighted by Crippen LogP contribution is -2.10. The molecule has 2 rings (SSSR count). The number of ether oxygens (including phenoxy) is 1. The number of benzene rings is 2. The fourth-order valence-corrected chi connectivity index (χ4v) is 3.82. The van der Waals surface area contributed by atoms with Crippen LogP contribution >= 0.6 is 11.8 Å². The summed E-state index contributed by atoms with van der Waals surface area (Å²) in [4.78, 5) is 13.5. The first-order valence-corrected chi connectivity index (χ1v) is 9.53. The number of hydrogen-bond donors (Lipinski definition) is 0. The number of carbonyl (C=O) groups excluding carboxylic acids is 1. The number of methoxy groups -OCH3 is 1. The van der Waals surface area contributed by atoms with E-state index in [4.69, 9.17) is 4.74 Å². The van der Waals surface area contributed by atoms with Crippen LogP contribution in [0.2, 0.25) is 0 Å². The van der Waals surface area contributed by atoms with E-state index in [0.717, 1.165) is 35.3 Å². The lowest BCUT2D eigenvalue weighted by atomic mass is 9.94. The first kappa shape index (κ1) is 18.6. The molecule has 0 aromatic heterocycles. The van der Waals surface area contributed by atoms with E-state index in [9.17, 15) is 4.79 Å². The van der Waals surface area contributed by atoms with Crippen molar-refractivity contribution in [2.75, 3.05) is 7.11 Å². The molecule has 3 heteroatoms. The molecule has 2 aromatic rings. The van der Waals surface area contributed by atoms with Crippen molar-refractivity contribution in [1.29, 1.82) is 0 Å². The predicted octanol–water partition coefficient (Wildman–Crippen LogP) is 5.81. The summed E-state index contributed by atoms with van der Waals surface area (Å²) in [7, 11) is 1.46. The van der Waals surface area contributed by atoms with E-state index in [1.807, 2.05) is 31.2 Å². The Morgan fingerprint density at radius 1 is 1.08 bits per heavy atom. The zero-order valence-corrected chi connectivity index (χ0v) is 15.6. The van der Waals surface area contributed by atoms with Crippen molar-refractivity contribution in [2.45, 2.75) is 50.2 Å². The van der Waals surface area contributed by atoms with E-state index in [1.165, 1.54) is 30.4 Å². The molecule has 0 heterocycles. The second-order valence-corrected chi connectivity index (χ2v) is 6.99. The summed E-state index contributed by atoms with van der Waals surface area (Å²) in [6, 6.07) is 14.5. The summed E-state index contributed by atoms with van der Waals surface area (Å²) in [5, 5.41) is 0. The Kier molecular flexibility index (Phi) is 7.38. The van der Waals surface area contributed by atoms with Gasteiger partial charge in [-0.15, -0.1) is 11.8 Å². The van der Waals surface area contributed by atoms with E-state index in [2.05, 4.69) is 25.1 Å². The highest BCUT2D eigenvalue weighted by Gasteiger charge is 2.18. The lowest BCUT2D eigenvalue weighted by molar-refractivity contribution is 0.0599. The Morgan fingerprint density at radius 3 is 2.50 bits per heavy atom. The second kappa shape index (κ2) is 9.53. The molecule has 0 saturated carbocycles. The maximum atomic E-state index is 12.3. The quantitative estimate of drug-likeness (QED) is 0.344. The van der Waals surface area contributed by atoms with Crippen molar-refractivity contribution in [1.82, 2.24) is 0 Å². The molecular formula is C21H26O2S. The summed E-state index contributed by atoms with van der Waals surface area (Å²) in [6.45, 7) is 4.19. The summed E-state index contributed by atoms with van der Waals surface area (Å²) in [6.07, 6.45) is 4.59. The van der Waals surface area contributed by atoms with Gasteiger partial charge in [-0.3, -0.25) is 0 Å². The molecule has 0 radical (unpaired) electrons. The SMILES string of the molecule is CCCCCc1ccc(C)c(C(=O)OC)c1CSc1ccccc1. The van der Waals surface area contributed by atoms with Crippen molar-refractivity contribution in [3.05, 3.63) is 64.7 Å². The van der Waals surface area contributed by atoms with E-state index < -0.39 is 0 Å². The molecule has 0 aliphatic carbocycles. The minimum absolute atomic E-state index is 0.228. The second-order valence-electron chi connectivity index (χ2n) is 5.95. The predicted molar refractivity (Wildman–Crippen MR) is 102 cm³/mol. The summed E-state index contributed by atoms with van der Waals surface area (Å²) in [5.41, 5.74) is 4.14. The zero-order valence-electron chi connectivity index (χ0n) is 14.8. The van der Waals surface area contributed by atoms with E-state index in [-0.39, 0.29) is 5.97 Å². The Morgan fingerprint density at radius 2 is 1.83 bits per heavy atom. The largest absolute Gasteiger partial charge is 0.465 e. The van der Waals surface area contributed by atoms with Gasteiger partial charge >= 0.3 is 5.97 Å². The van der Waals surface area contributed by atoms with Gasteiger partial charge in [-0.05, 0) is 48.6 Å². The smallest absolute Gasteiger partial charge is 0.338 e. The van der Waals surface area contributed by atoms with E-state index >= 15 is 0 Å². The summed E-state index contributed by atoms with van der Waals surface area (Å²) < 4.78 is 5.04. The first-order chi connectivity index (χ1) is 11.7. The maximum absolute atomic E-state index is 12.3. The van der Waals surface area contributed by atoms with Crippen molar-refractivity contribution >= 4 is 17.7 Å². The lowest BCUT2D eigenvalue weighted by Gasteiger charge is -2.16. The highest BCUT2D eigenvalue weighted by atomic mass is 32.2. The van der Waals surface area contributed by atoms with Gasteiger partial charge in [0.25, 0.3) is 0 Å². The van der Waals surface area contributed by atoms with Crippen molar-refractivity contribution in [3.63, 3.8) is 0 Å². The monoisotopic (exact) mass is 342 g/mol. The minimum Gasteiger partial charge on any atom is -0.465 e.